The van der Waals surface area contributed by atoms with Crippen LogP contribution in [0.4, 0.5) is 0 Å². The van der Waals surface area contributed by atoms with Gasteiger partial charge in [-0.05, 0) is 65.2 Å². The lowest BCUT2D eigenvalue weighted by atomic mass is 10.1. The standard InChI is InChI=1S/C18H19BrN2O2S/c1-12-7-8-14(11-13(12)2)24-10-9-17(22)20-21-18(23)15-5-3-4-6-16(15)19/h3-8,11H,9-10H2,1-2H3,(H,20,22)(H,21,23). The van der Waals surface area contributed by atoms with Crippen LogP contribution < -0.4 is 10.9 Å². The van der Waals surface area contributed by atoms with Crippen LogP contribution in [-0.2, 0) is 4.79 Å². The highest BCUT2D eigenvalue weighted by atomic mass is 79.9. The average molecular weight is 407 g/mol. The van der Waals surface area contributed by atoms with E-state index in [-0.39, 0.29) is 11.8 Å². The molecule has 2 rings (SSSR count). The lowest BCUT2D eigenvalue weighted by Gasteiger charge is -2.09. The summed E-state index contributed by atoms with van der Waals surface area (Å²) in [5, 5.41) is 0. The van der Waals surface area contributed by atoms with Crippen molar-refractivity contribution in [2.45, 2.75) is 25.2 Å². The Balaban J connectivity index is 1.74. The van der Waals surface area contributed by atoms with Gasteiger partial charge in [-0.2, -0.15) is 0 Å². The Labute approximate surface area is 154 Å². The van der Waals surface area contributed by atoms with Gasteiger partial charge in [0.1, 0.15) is 0 Å². The number of hydrogen-bond acceptors (Lipinski definition) is 3. The SMILES string of the molecule is Cc1ccc(SCCC(=O)NNC(=O)c2ccccc2Br)cc1C. The van der Waals surface area contributed by atoms with Crippen LogP contribution >= 0.6 is 27.7 Å². The summed E-state index contributed by atoms with van der Waals surface area (Å²) in [6.07, 6.45) is 0.327. The maximum Gasteiger partial charge on any atom is 0.270 e. The molecule has 0 aliphatic heterocycles. The maximum atomic E-state index is 12.0. The zero-order chi connectivity index (χ0) is 17.5. The summed E-state index contributed by atoms with van der Waals surface area (Å²) in [7, 11) is 0. The minimum Gasteiger partial charge on any atom is -0.273 e. The van der Waals surface area contributed by atoms with Gasteiger partial charge in [0, 0.05) is 21.5 Å². The highest BCUT2D eigenvalue weighted by Gasteiger charge is 2.10. The summed E-state index contributed by atoms with van der Waals surface area (Å²) in [6, 6.07) is 13.3. The average Bonchev–Trinajstić information content (AvgIpc) is 2.56. The van der Waals surface area contributed by atoms with Crippen molar-refractivity contribution in [3.05, 3.63) is 63.6 Å². The molecule has 0 aromatic heterocycles. The van der Waals surface area contributed by atoms with Gasteiger partial charge in [0.25, 0.3) is 5.91 Å². The molecule has 4 nitrogen and oxygen atoms in total. The molecule has 0 bridgehead atoms. The molecular formula is C18H19BrN2O2S. The van der Waals surface area contributed by atoms with E-state index in [0.717, 1.165) is 4.90 Å². The number of hydrazine groups is 1. The number of thioether (sulfide) groups is 1. The van der Waals surface area contributed by atoms with Crippen molar-refractivity contribution in [3.63, 3.8) is 0 Å². The summed E-state index contributed by atoms with van der Waals surface area (Å²) in [6.45, 7) is 4.15. The lowest BCUT2D eigenvalue weighted by molar-refractivity contribution is -0.121. The van der Waals surface area contributed by atoms with Crippen LogP contribution in [0.25, 0.3) is 0 Å². The predicted molar refractivity (Wildman–Crippen MR) is 101 cm³/mol. The fourth-order valence-electron chi connectivity index (χ4n) is 1.97. The van der Waals surface area contributed by atoms with Crippen LogP contribution in [0, 0.1) is 13.8 Å². The Morgan fingerprint density at radius 1 is 1.04 bits per heavy atom. The third-order valence-corrected chi connectivity index (χ3v) is 5.20. The zero-order valence-corrected chi connectivity index (χ0v) is 16.0. The molecule has 0 atom stereocenters. The van der Waals surface area contributed by atoms with Gasteiger partial charge in [-0.25, -0.2) is 0 Å². The highest BCUT2D eigenvalue weighted by molar-refractivity contribution is 9.10. The molecular weight excluding hydrogens is 388 g/mol. The molecule has 0 heterocycles. The van der Waals surface area contributed by atoms with Crippen LogP contribution in [0.3, 0.4) is 0 Å². The smallest absolute Gasteiger partial charge is 0.270 e. The fourth-order valence-corrected chi connectivity index (χ4v) is 3.38. The number of amides is 2. The summed E-state index contributed by atoms with van der Waals surface area (Å²) in [4.78, 5) is 24.9. The third kappa shape index (κ3) is 5.39. The molecule has 6 heteroatoms. The molecule has 0 unspecified atom stereocenters. The molecule has 126 valence electrons. The van der Waals surface area contributed by atoms with Crippen LogP contribution in [0.5, 0.6) is 0 Å². The predicted octanol–water partition coefficient (Wildman–Crippen LogP) is 4.01. The van der Waals surface area contributed by atoms with Crippen molar-refractivity contribution in [1.82, 2.24) is 10.9 Å². The first-order chi connectivity index (χ1) is 11.5. The summed E-state index contributed by atoms with van der Waals surface area (Å²) in [5.74, 6) is 0.0866. The van der Waals surface area contributed by atoms with Crippen molar-refractivity contribution in [1.29, 1.82) is 0 Å². The largest absolute Gasteiger partial charge is 0.273 e. The first kappa shape index (κ1) is 18.5. The first-order valence-corrected chi connectivity index (χ1v) is 9.29. The Bertz CT molecular complexity index is 750. The van der Waals surface area contributed by atoms with Gasteiger partial charge in [0.2, 0.25) is 5.91 Å². The van der Waals surface area contributed by atoms with Crippen molar-refractivity contribution < 1.29 is 9.59 Å². The second kappa shape index (κ2) is 8.89. The fraction of sp³-hybridized carbons (Fsp3) is 0.222. The van der Waals surface area contributed by atoms with E-state index < -0.39 is 0 Å². The van der Waals surface area contributed by atoms with Gasteiger partial charge in [-0.15, -0.1) is 11.8 Å². The molecule has 2 aromatic carbocycles. The minimum atomic E-state index is -0.349. The van der Waals surface area contributed by atoms with Crippen molar-refractivity contribution >= 4 is 39.5 Å². The molecule has 0 aliphatic rings. The normalized spacial score (nSPS) is 10.3. The second-order valence-electron chi connectivity index (χ2n) is 5.33. The number of benzene rings is 2. The van der Waals surface area contributed by atoms with Gasteiger partial charge in [-0.3, -0.25) is 20.4 Å². The quantitative estimate of drug-likeness (QED) is 0.582. The van der Waals surface area contributed by atoms with E-state index in [1.807, 2.05) is 6.07 Å². The Morgan fingerprint density at radius 2 is 1.79 bits per heavy atom. The molecule has 2 amide bonds. The molecule has 24 heavy (non-hydrogen) atoms. The Kier molecular flexibility index (Phi) is 6.87. The van der Waals surface area contributed by atoms with Crippen LogP contribution in [0.2, 0.25) is 0 Å². The van der Waals surface area contributed by atoms with E-state index in [2.05, 4.69) is 58.8 Å². The van der Waals surface area contributed by atoms with Gasteiger partial charge in [0.15, 0.2) is 0 Å². The van der Waals surface area contributed by atoms with Crippen molar-refractivity contribution in [2.24, 2.45) is 0 Å². The number of nitrogens with one attached hydrogen (secondary N) is 2. The Hall–Kier alpha value is -1.79. The Morgan fingerprint density at radius 3 is 2.50 bits per heavy atom. The van der Waals surface area contributed by atoms with E-state index in [9.17, 15) is 9.59 Å². The van der Waals surface area contributed by atoms with Gasteiger partial charge in [0.05, 0.1) is 5.56 Å². The minimum absolute atomic E-state index is 0.216. The van der Waals surface area contributed by atoms with E-state index in [4.69, 9.17) is 0 Å². The van der Waals surface area contributed by atoms with Gasteiger partial charge >= 0.3 is 0 Å². The second-order valence-corrected chi connectivity index (χ2v) is 7.35. The van der Waals surface area contributed by atoms with E-state index in [1.54, 1.807) is 30.0 Å². The van der Waals surface area contributed by atoms with Crippen LogP contribution in [0.1, 0.15) is 27.9 Å². The molecule has 0 radical (unpaired) electrons. The zero-order valence-electron chi connectivity index (χ0n) is 13.6. The van der Waals surface area contributed by atoms with Crippen LogP contribution in [-0.4, -0.2) is 17.6 Å². The highest BCUT2D eigenvalue weighted by Crippen LogP contribution is 2.21. The van der Waals surface area contributed by atoms with E-state index >= 15 is 0 Å². The first-order valence-electron chi connectivity index (χ1n) is 7.51. The topological polar surface area (TPSA) is 58.2 Å². The third-order valence-electron chi connectivity index (χ3n) is 3.51. The number of rotatable bonds is 5. The van der Waals surface area contributed by atoms with E-state index in [0.29, 0.717) is 22.2 Å². The van der Waals surface area contributed by atoms with Crippen LogP contribution in [0.15, 0.2) is 51.8 Å². The molecule has 2 N–H and O–H groups in total. The molecule has 0 spiro atoms. The number of hydrogen-bond donors (Lipinski definition) is 2. The number of carbonyl (C=O) groups is 2. The summed E-state index contributed by atoms with van der Waals surface area (Å²) in [5.41, 5.74) is 7.84. The molecule has 0 aliphatic carbocycles. The van der Waals surface area contributed by atoms with Crippen molar-refractivity contribution in [2.75, 3.05) is 5.75 Å². The lowest BCUT2D eigenvalue weighted by Crippen LogP contribution is -2.41. The molecule has 0 saturated carbocycles. The molecule has 0 fully saturated rings. The molecule has 0 saturated heterocycles. The maximum absolute atomic E-state index is 12.0. The summed E-state index contributed by atoms with van der Waals surface area (Å²) < 4.78 is 0.682. The monoisotopic (exact) mass is 406 g/mol. The summed E-state index contributed by atoms with van der Waals surface area (Å²) >= 11 is 4.93. The molecule has 2 aromatic rings. The number of aryl methyl sites for hydroxylation is 2. The number of carbonyl (C=O) groups excluding carboxylic acids is 2. The van der Waals surface area contributed by atoms with Gasteiger partial charge < -0.3 is 0 Å². The van der Waals surface area contributed by atoms with Crippen molar-refractivity contribution in [3.8, 4) is 0 Å². The number of halogens is 1. The van der Waals surface area contributed by atoms with Gasteiger partial charge in [-0.1, -0.05) is 18.2 Å². The van der Waals surface area contributed by atoms with E-state index in [1.165, 1.54) is 11.1 Å².